The first-order valence-corrected chi connectivity index (χ1v) is 6.44. The SMILES string of the molecule is CCc1ccc2c(c1)S(=O)(=O)C(C(N)=O)N2. The number of nitrogens with one attached hydrogen (secondary N) is 1. The number of nitrogens with two attached hydrogens (primary N) is 1. The van der Waals surface area contributed by atoms with Gasteiger partial charge >= 0.3 is 0 Å². The summed E-state index contributed by atoms with van der Waals surface area (Å²) >= 11 is 0. The van der Waals surface area contributed by atoms with E-state index < -0.39 is 21.1 Å². The fraction of sp³-hybridized carbons (Fsp3) is 0.300. The smallest absolute Gasteiger partial charge is 0.256 e. The third-order valence-corrected chi connectivity index (χ3v) is 4.54. The third-order valence-electron chi connectivity index (χ3n) is 2.62. The molecule has 6 heteroatoms. The summed E-state index contributed by atoms with van der Waals surface area (Å²) < 4.78 is 23.9. The van der Waals surface area contributed by atoms with Gasteiger partial charge in [0.25, 0.3) is 5.91 Å². The molecule has 1 atom stereocenters. The second kappa shape index (κ2) is 3.48. The van der Waals surface area contributed by atoms with Gasteiger partial charge in [-0.25, -0.2) is 8.42 Å². The quantitative estimate of drug-likeness (QED) is 0.776. The lowest BCUT2D eigenvalue weighted by atomic mass is 10.1. The molecule has 0 radical (unpaired) electrons. The van der Waals surface area contributed by atoms with Gasteiger partial charge in [-0.05, 0) is 24.1 Å². The molecule has 3 N–H and O–H groups in total. The Hall–Kier alpha value is -1.56. The summed E-state index contributed by atoms with van der Waals surface area (Å²) in [6, 6.07) is 5.07. The van der Waals surface area contributed by atoms with Crippen molar-refractivity contribution in [1.29, 1.82) is 0 Å². The Morgan fingerprint density at radius 1 is 1.50 bits per heavy atom. The first kappa shape index (κ1) is 10.9. The van der Waals surface area contributed by atoms with Gasteiger partial charge in [0.05, 0.1) is 10.6 Å². The number of aryl methyl sites for hydroxylation is 1. The van der Waals surface area contributed by atoms with E-state index in [9.17, 15) is 13.2 Å². The van der Waals surface area contributed by atoms with Crippen molar-refractivity contribution in [2.75, 3.05) is 5.32 Å². The highest BCUT2D eigenvalue weighted by Gasteiger charge is 2.40. The van der Waals surface area contributed by atoms with Gasteiger partial charge < -0.3 is 11.1 Å². The fourth-order valence-electron chi connectivity index (χ4n) is 1.71. The van der Waals surface area contributed by atoms with E-state index in [4.69, 9.17) is 5.73 Å². The number of anilines is 1. The maximum Gasteiger partial charge on any atom is 0.256 e. The minimum Gasteiger partial charge on any atom is -0.367 e. The van der Waals surface area contributed by atoms with Gasteiger partial charge in [-0.2, -0.15) is 0 Å². The lowest BCUT2D eigenvalue weighted by molar-refractivity contribution is -0.117. The van der Waals surface area contributed by atoms with Gasteiger partial charge in [0.2, 0.25) is 15.2 Å². The Morgan fingerprint density at radius 3 is 2.75 bits per heavy atom. The lowest BCUT2D eigenvalue weighted by Crippen LogP contribution is -2.37. The summed E-state index contributed by atoms with van der Waals surface area (Å²) in [6.07, 6.45) is 0.740. The first-order valence-electron chi connectivity index (χ1n) is 4.89. The molecule has 1 aromatic rings. The molecule has 0 aromatic heterocycles. The van der Waals surface area contributed by atoms with Crippen LogP contribution in [-0.4, -0.2) is 19.7 Å². The summed E-state index contributed by atoms with van der Waals surface area (Å²) in [5.41, 5.74) is 6.40. The number of hydrogen-bond acceptors (Lipinski definition) is 4. The van der Waals surface area contributed by atoms with Crippen molar-refractivity contribution in [3.63, 3.8) is 0 Å². The largest absolute Gasteiger partial charge is 0.367 e. The minimum absolute atomic E-state index is 0.163. The van der Waals surface area contributed by atoms with Crippen molar-refractivity contribution in [3.05, 3.63) is 23.8 Å². The summed E-state index contributed by atoms with van der Waals surface area (Å²) in [5, 5.41) is 1.27. The third kappa shape index (κ3) is 1.46. The van der Waals surface area contributed by atoms with Gasteiger partial charge in [0.15, 0.2) is 0 Å². The van der Waals surface area contributed by atoms with Gasteiger partial charge in [0, 0.05) is 0 Å². The van der Waals surface area contributed by atoms with Crippen LogP contribution in [0.4, 0.5) is 5.69 Å². The fourth-order valence-corrected chi connectivity index (χ4v) is 3.30. The van der Waals surface area contributed by atoms with Crippen LogP contribution in [0, 0.1) is 0 Å². The van der Waals surface area contributed by atoms with E-state index in [2.05, 4.69) is 5.32 Å². The molecule has 0 fully saturated rings. The molecule has 0 spiro atoms. The summed E-state index contributed by atoms with van der Waals surface area (Å²) in [6.45, 7) is 1.93. The van der Waals surface area contributed by atoms with Gasteiger partial charge in [-0.15, -0.1) is 0 Å². The van der Waals surface area contributed by atoms with Crippen LogP contribution in [0.2, 0.25) is 0 Å². The summed E-state index contributed by atoms with van der Waals surface area (Å²) in [7, 11) is -3.66. The molecule has 86 valence electrons. The molecule has 1 aliphatic heterocycles. The zero-order chi connectivity index (χ0) is 11.9. The average molecular weight is 240 g/mol. The number of amides is 1. The van der Waals surface area contributed by atoms with Crippen molar-refractivity contribution < 1.29 is 13.2 Å². The number of fused-ring (bicyclic) bond motifs is 1. The average Bonchev–Trinajstić information content (AvgIpc) is 2.50. The van der Waals surface area contributed by atoms with E-state index in [0.717, 1.165) is 12.0 Å². The number of primary amides is 1. The second-order valence-corrected chi connectivity index (χ2v) is 5.66. The van der Waals surface area contributed by atoms with E-state index >= 15 is 0 Å². The summed E-state index contributed by atoms with van der Waals surface area (Å²) in [4.78, 5) is 11.2. The van der Waals surface area contributed by atoms with E-state index in [1.165, 1.54) is 0 Å². The second-order valence-electron chi connectivity index (χ2n) is 3.66. The zero-order valence-electron chi connectivity index (χ0n) is 8.73. The van der Waals surface area contributed by atoms with Crippen LogP contribution in [0.25, 0.3) is 0 Å². The van der Waals surface area contributed by atoms with E-state index in [1.54, 1.807) is 12.1 Å². The molecule has 2 rings (SSSR count). The Kier molecular flexibility index (Phi) is 2.38. The highest BCUT2D eigenvalue weighted by atomic mass is 32.2. The van der Waals surface area contributed by atoms with E-state index in [-0.39, 0.29) is 4.90 Å². The molecule has 1 amide bonds. The standard InChI is InChI=1S/C10H12N2O3S/c1-2-6-3-4-7-8(5-6)16(14,15)10(12-7)9(11)13/h3-5,10,12H,2H2,1H3,(H2,11,13). The molecule has 16 heavy (non-hydrogen) atoms. The normalized spacial score (nSPS) is 21.2. The molecular weight excluding hydrogens is 228 g/mol. The highest BCUT2D eigenvalue weighted by Crippen LogP contribution is 2.33. The molecule has 1 aromatic carbocycles. The molecule has 1 aliphatic rings. The molecule has 0 saturated carbocycles. The van der Waals surface area contributed by atoms with Crippen molar-refractivity contribution in [2.24, 2.45) is 5.73 Å². The lowest BCUT2D eigenvalue weighted by Gasteiger charge is -2.04. The molecule has 0 saturated heterocycles. The predicted molar refractivity (Wildman–Crippen MR) is 59.6 cm³/mol. The maximum absolute atomic E-state index is 11.9. The number of rotatable bonds is 2. The monoisotopic (exact) mass is 240 g/mol. The van der Waals surface area contributed by atoms with Crippen LogP contribution >= 0.6 is 0 Å². The molecule has 1 unspecified atom stereocenters. The Morgan fingerprint density at radius 2 is 2.19 bits per heavy atom. The Labute approximate surface area is 93.6 Å². The van der Waals surface area contributed by atoms with Crippen LogP contribution in [-0.2, 0) is 21.1 Å². The molecule has 1 heterocycles. The van der Waals surface area contributed by atoms with Crippen molar-refractivity contribution in [1.82, 2.24) is 0 Å². The van der Waals surface area contributed by atoms with Gasteiger partial charge in [0.1, 0.15) is 0 Å². The van der Waals surface area contributed by atoms with Gasteiger partial charge in [-0.1, -0.05) is 13.0 Å². The number of benzene rings is 1. The van der Waals surface area contributed by atoms with Crippen LogP contribution in [0.3, 0.4) is 0 Å². The molecular formula is C10H12N2O3S. The van der Waals surface area contributed by atoms with Crippen molar-refractivity contribution in [2.45, 2.75) is 23.6 Å². The van der Waals surface area contributed by atoms with Crippen molar-refractivity contribution in [3.8, 4) is 0 Å². The van der Waals surface area contributed by atoms with Crippen LogP contribution in [0.15, 0.2) is 23.1 Å². The predicted octanol–water partition coefficient (Wildman–Crippen LogP) is 0.260. The number of carbonyl (C=O) groups excluding carboxylic acids is 1. The van der Waals surface area contributed by atoms with Crippen LogP contribution in [0.5, 0.6) is 0 Å². The number of sulfone groups is 1. The van der Waals surface area contributed by atoms with Crippen LogP contribution in [0.1, 0.15) is 12.5 Å². The van der Waals surface area contributed by atoms with E-state index in [1.807, 2.05) is 13.0 Å². The Balaban J connectivity index is 2.58. The topological polar surface area (TPSA) is 89.3 Å². The zero-order valence-corrected chi connectivity index (χ0v) is 9.54. The minimum atomic E-state index is -3.66. The van der Waals surface area contributed by atoms with Gasteiger partial charge in [-0.3, -0.25) is 4.79 Å². The Bertz CT molecular complexity index is 551. The molecule has 5 nitrogen and oxygen atoms in total. The maximum atomic E-state index is 11.9. The first-order chi connectivity index (χ1) is 7.46. The number of hydrogen-bond donors (Lipinski definition) is 2. The number of carbonyl (C=O) groups is 1. The summed E-state index contributed by atoms with van der Waals surface area (Å²) in [5.74, 6) is -0.880. The van der Waals surface area contributed by atoms with E-state index in [0.29, 0.717) is 5.69 Å². The highest BCUT2D eigenvalue weighted by molar-refractivity contribution is 7.93. The molecule has 0 aliphatic carbocycles. The molecule has 0 bridgehead atoms. The van der Waals surface area contributed by atoms with Crippen LogP contribution < -0.4 is 11.1 Å². The van der Waals surface area contributed by atoms with Crippen molar-refractivity contribution >= 4 is 21.4 Å².